The highest BCUT2D eigenvalue weighted by Crippen LogP contribution is 2.19. The fraction of sp³-hybridized carbons (Fsp3) is 0.600. The van der Waals surface area contributed by atoms with Gasteiger partial charge in [0, 0.05) is 29.8 Å². The maximum absolute atomic E-state index is 12.2. The van der Waals surface area contributed by atoms with E-state index < -0.39 is 0 Å². The third-order valence-corrected chi connectivity index (χ3v) is 4.15. The fourth-order valence-electron chi connectivity index (χ4n) is 2.56. The number of likely N-dealkylation sites (tertiary alicyclic amines) is 1. The van der Waals surface area contributed by atoms with Gasteiger partial charge in [0.1, 0.15) is 5.69 Å². The SMILES string of the molecule is CC(C)n1cc(Br)cc1C(=O)NCC(=O)N1CCCCC1. The molecule has 0 aromatic carbocycles. The molecule has 2 rings (SSSR count). The number of carbonyl (C=O) groups excluding carboxylic acids is 2. The van der Waals surface area contributed by atoms with Crippen molar-refractivity contribution in [2.75, 3.05) is 19.6 Å². The third kappa shape index (κ3) is 4.09. The van der Waals surface area contributed by atoms with Gasteiger partial charge in [-0.05, 0) is 55.1 Å². The molecule has 0 saturated carbocycles. The molecule has 21 heavy (non-hydrogen) atoms. The normalized spacial score (nSPS) is 15.3. The average molecular weight is 356 g/mol. The van der Waals surface area contributed by atoms with Crippen molar-refractivity contribution in [3.05, 3.63) is 22.4 Å². The van der Waals surface area contributed by atoms with E-state index in [0.29, 0.717) is 5.69 Å². The highest BCUT2D eigenvalue weighted by Gasteiger charge is 2.19. The number of aromatic nitrogens is 1. The summed E-state index contributed by atoms with van der Waals surface area (Å²) in [5.41, 5.74) is 0.573. The number of piperidine rings is 1. The topological polar surface area (TPSA) is 54.3 Å². The quantitative estimate of drug-likeness (QED) is 0.902. The van der Waals surface area contributed by atoms with Gasteiger partial charge in [-0.3, -0.25) is 9.59 Å². The molecule has 1 aliphatic rings. The van der Waals surface area contributed by atoms with Crippen LogP contribution in [0.15, 0.2) is 16.7 Å². The first-order valence-corrected chi connectivity index (χ1v) is 8.21. The van der Waals surface area contributed by atoms with Crippen molar-refractivity contribution in [3.63, 3.8) is 0 Å². The molecule has 1 aliphatic heterocycles. The summed E-state index contributed by atoms with van der Waals surface area (Å²) in [6, 6.07) is 1.97. The van der Waals surface area contributed by atoms with E-state index >= 15 is 0 Å². The first-order valence-electron chi connectivity index (χ1n) is 7.42. The van der Waals surface area contributed by atoms with E-state index in [1.807, 2.05) is 29.5 Å². The number of carbonyl (C=O) groups is 2. The lowest BCUT2D eigenvalue weighted by atomic mass is 10.1. The maximum atomic E-state index is 12.2. The molecule has 1 aromatic heterocycles. The number of nitrogens with zero attached hydrogens (tertiary/aromatic N) is 2. The second-order valence-corrected chi connectivity index (χ2v) is 6.58. The number of rotatable bonds is 4. The second kappa shape index (κ2) is 7.11. The number of nitrogens with one attached hydrogen (secondary N) is 1. The van der Waals surface area contributed by atoms with Crippen LogP contribution in [0.5, 0.6) is 0 Å². The minimum atomic E-state index is -0.209. The van der Waals surface area contributed by atoms with E-state index in [4.69, 9.17) is 0 Å². The highest BCUT2D eigenvalue weighted by atomic mass is 79.9. The lowest BCUT2D eigenvalue weighted by Crippen LogP contribution is -2.42. The Hall–Kier alpha value is -1.30. The predicted octanol–water partition coefficient (Wildman–Crippen LogP) is 2.57. The van der Waals surface area contributed by atoms with Crippen LogP contribution in [-0.2, 0) is 4.79 Å². The predicted molar refractivity (Wildman–Crippen MR) is 85.3 cm³/mol. The van der Waals surface area contributed by atoms with Gasteiger partial charge in [-0.15, -0.1) is 0 Å². The smallest absolute Gasteiger partial charge is 0.268 e. The molecular formula is C15H22BrN3O2. The molecule has 0 unspecified atom stereocenters. The van der Waals surface area contributed by atoms with Gasteiger partial charge in [0.25, 0.3) is 5.91 Å². The molecule has 0 bridgehead atoms. The van der Waals surface area contributed by atoms with E-state index in [-0.39, 0.29) is 24.4 Å². The van der Waals surface area contributed by atoms with Crippen LogP contribution >= 0.6 is 15.9 Å². The summed E-state index contributed by atoms with van der Waals surface area (Å²) in [6.07, 6.45) is 5.18. The molecule has 1 N–H and O–H groups in total. The van der Waals surface area contributed by atoms with Crippen LogP contribution in [0.25, 0.3) is 0 Å². The van der Waals surface area contributed by atoms with Crippen LogP contribution < -0.4 is 5.32 Å². The van der Waals surface area contributed by atoms with E-state index in [1.165, 1.54) is 6.42 Å². The Labute approximate surface area is 133 Å². The van der Waals surface area contributed by atoms with Crippen LogP contribution in [0.1, 0.15) is 49.6 Å². The van der Waals surface area contributed by atoms with Crippen molar-refractivity contribution >= 4 is 27.7 Å². The zero-order chi connectivity index (χ0) is 15.4. The highest BCUT2D eigenvalue weighted by molar-refractivity contribution is 9.10. The van der Waals surface area contributed by atoms with E-state index in [2.05, 4.69) is 21.2 Å². The molecule has 0 spiro atoms. The van der Waals surface area contributed by atoms with Crippen LogP contribution in [0, 0.1) is 0 Å². The Morgan fingerprint density at radius 2 is 1.95 bits per heavy atom. The summed E-state index contributed by atoms with van der Waals surface area (Å²) in [5, 5.41) is 2.73. The molecule has 2 heterocycles. The van der Waals surface area contributed by atoms with Crippen molar-refractivity contribution in [2.24, 2.45) is 0 Å². The summed E-state index contributed by atoms with van der Waals surface area (Å²) >= 11 is 3.39. The molecule has 0 aliphatic carbocycles. The van der Waals surface area contributed by atoms with Crippen LogP contribution in [-0.4, -0.2) is 40.9 Å². The zero-order valence-corrected chi connectivity index (χ0v) is 14.1. The van der Waals surface area contributed by atoms with Gasteiger partial charge >= 0.3 is 0 Å². The summed E-state index contributed by atoms with van der Waals surface area (Å²) in [5.74, 6) is -0.204. The summed E-state index contributed by atoms with van der Waals surface area (Å²) in [6.45, 7) is 5.72. The van der Waals surface area contributed by atoms with Crippen molar-refractivity contribution < 1.29 is 9.59 Å². The number of hydrogen-bond acceptors (Lipinski definition) is 2. The van der Waals surface area contributed by atoms with Crippen molar-refractivity contribution in [1.82, 2.24) is 14.8 Å². The number of halogens is 1. The Bertz CT molecular complexity index is 519. The van der Waals surface area contributed by atoms with Crippen LogP contribution in [0.2, 0.25) is 0 Å². The van der Waals surface area contributed by atoms with Crippen LogP contribution in [0.3, 0.4) is 0 Å². The van der Waals surface area contributed by atoms with Gasteiger partial charge in [0.15, 0.2) is 0 Å². The van der Waals surface area contributed by atoms with Gasteiger partial charge in [-0.2, -0.15) is 0 Å². The Morgan fingerprint density at radius 3 is 2.57 bits per heavy atom. The monoisotopic (exact) mass is 355 g/mol. The van der Waals surface area contributed by atoms with E-state index in [9.17, 15) is 9.59 Å². The van der Waals surface area contributed by atoms with Crippen LogP contribution in [0.4, 0.5) is 0 Å². The Kier molecular flexibility index (Phi) is 5.45. The first-order chi connectivity index (χ1) is 9.99. The molecule has 2 amide bonds. The van der Waals surface area contributed by atoms with Crippen molar-refractivity contribution in [3.8, 4) is 0 Å². The summed E-state index contributed by atoms with van der Waals surface area (Å²) in [7, 11) is 0. The molecule has 5 nitrogen and oxygen atoms in total. The largest absolute Gasteiger partial charge is 0.342 e. The Balaban J connectivity index is 1.94. The van der Waals surface area contributed by atoms with Gasteiger partial charge in [-0.25, -0.2) is 0 Å². The maximum Gasteiger partial charge on any atom is 0.268 e. The summed E-state index contributed by atoms with van der Waals surface area (Å²) < 4.78 is 2.76. The molecule has 6 heteroatoms. The van der Waals surface area contributed by atoms with Gasteiger partial charge in [0.05, 0.1) is 6.54 Å². The molecule has 1 aromatic rings. The fourth-order valence-corrected chi connectivity index (χ4v) is 2.99. The first kappa shape index (κ1) is 16.1. The van der Waals surface area contributed by atoms with E-state index in [1.54, 1.807) is 6.07 Å². The lowest BCUT2D eigenvalue weighted by molar-refractivity contribution is -0.130. The zero-order valence-electron chi connectivity index (χ0n) is 12.6. The molecule has 116 valence electrons. The number of amides is 2. The lowest BCUT2D eigenvalue weighted by Gasteiger charge is -2.26. The number of hydrogen-bond donors (Lipinski definition) is 1. The van der Waals surface area contributed by atoms with Crippen molar-refractivity contribution in [2.45, 2.75) is 39.2 Å². The van der Waals surface area contributed by atoms with Gasteiger partial charge in [-0.1, -0.05) is 0 Å². The standard InChI is InChI=1S/C15H22BrN3O2/c1-11(2)19-10-12(16)8-13(19)15(21)17-9-14(20)18-6-4-3-5-7-18/h8,10-11H,3-7,9H2,1-2H3,(H,17,21). The molecule has 0 atom stereocenters. The molecule has 1 fully saturated rings. The average Bonchev–Trinajstić information content (AvgIpc) is 2.87. The summed E-state index contributed by atoms with van der Waals surface area (Å²) in [4.78, 5) is 26.1. The van der Waals surface area contributed by atoms with E-state index in [0.717, 1.165) is 30.4 Å². The Morgan fingerprint density at radius 1 is 1.29 bits per heavy atom. The minimum Gasteiger partial charge on any atom is -0.342 e. The second-order valence-electron chi connectivity index (χ2n) is 5.67. The van der Waals surface area contributed by atoms with Gasteiger partial charge < -0.3 is 14.8 Å². The minimum absolute atomic E-state index is 0.00442. The molecule has 0 radical (unpaired) electrons. The van der Waals surface area contributed by atoms with Gasteiger partial charge in [0.2, 0.25) is 5.91 Å². The third-order valence-electron chi connectivity index (χ3n) is 3.71. The molecule has 1 saturated heterocycles. The van der Waals surface area contributed by atoms with Crippen molar-refractivity contribution in [1.29, 1.82) is 0 Å². The molecular weight excluding hydrogens is 334 g/mol.